The van der Waals surface area contributed by atoms with Gasteiger partial charge in [-0.25, -0.2) is 0 Å². The Morgan fingerprint density at radius 2 is 1.92 bits per heavy atom. The Hall–Kier alpha value is -1.81. The second-order valence-electron chi connectivity index (χ2n) is 7.00. The minimum absolute atomic E-state index is 0.0878. The average Bonchev–Trinajstić information content (AvgIpc) is 3.01. The molecular formula is C19H22ClN3O. The van der Waals surface area contributed by atoms with E-state index < -0.39 is 0 Å². The average molecular weight is 344 g/mol. The summed E-state index contributed by atoms with van der Waals surface area (Å²) in [5, 5.41) is 8.58. The van der Waals surface area contributed by atoms with Crippen LogP contribution in [-0.2, 0) is 0 Å². The summed E-state index contributed by atoms with van der Waals surface area (Å²) < 4.78 is 1.52. The van der Waals surface area contributed by atoms with E-state index in [0.717, 1.165) is 29.3 Å². The van der Waals surface area contributed by atoms with Crippen LogP contribution in [0, 0.1) is 5.92 Å². The molecule has 0 bridgehead atoms. The summed E-state index contributed by atoms with van der Waals surface area (Å²) in [4.78, 5) is 12.5. The molecule has 1 N–H and O–H groups in total. The molecule has 4 rings (SSSR count). The Kier molecular flexibility index (Phi) is 4.31. The molecule has 0 amide bonds. The summed E-state index contributed by atoms with van der Waals surface area (Å²) in [7, 11) is 0. The normalized spacial score (nSPS) is 21.4. The lowest BCUT2D eigenvalue weighted by atomic mass is 9.84. The zero-order valence-electron chi connectivity index (χ0n) is 13.7. The van der Waals surface area contributed by atoms with Crippen LogP contribution in [0.15, 0.2) is 30.5 Å². The number of aromatic nitrogens is 2. The molecule has 126 valence electrons. The van der Waals surface area contributed by atoms with Crippen molar-refractivity contribution < 1.29 is 4.79 Å². The van der Waals surface area contributed by atoms with E-state index in [0.29, 0.717) is 11.4 Å². The molecule has 1 aromatic heterocycles. The van der Waals surface area contributed by atoms with Crippen molar-refractivity contribution in [2.75, 3.05) is 5.32 Å². The number of hydrogen-bond acceptors (Lipinski definition) is 3. The van der Waals surface area contributed by atoms with Gasteiger partial charge in [0.25, 0.3) is 5.91 Å². The van der Waals surface area contributed by atoms with Gasteiger partial charge in [0, 0.05) is 23.0 Å². The number of anilines is 1. The van der Waals surface area contributed by atoms with E-state index in [1.54, 1.807) is 6.20 Å². The molecule has 1 fully saturated rings. The number of halogens is 1. The first-order chi connectivity index (χ1) is 11.7. The number of rotatable bonds is 3. The van der Waals surface area contributed by atoms with E-state index in [-0.39, 0.29) is 11.9 Å². The van der Waals surface area contributed by atoms with E-state index in [9.17, 15) is 4.79 Å². The Balaban J connectivity index is 1.57. The van der Waals surface area contributed by atoms with Crippen molar-refractivity contribution >= 4 is 23.3 Å². The third-order valence-corrected chi connectivity index (χ3v) is 5.52. The van der Waals surface area contributed by atoms with E-state index in [4.69, 9.17) is 11.6 Å². The highest BCUT2D eigenvalue weighted by Crippen LogP contribution is 2.35. The van der Waals surface area contributed by atoms with Gasteiger partial charge in [-0.15, -0.1) is 0 Å². The fourth-order valence-electron chi connectivity index (χ4n) is 4.03. The zero-order valence-corrected chi connectivity index (χ0v) is 14.4. The molecule has 1 unspecified atom stereocenters. The largest absolute Gasteiger partial charge is 0.366 e. The lowest BCUT2D eigenvalue weighted by molar-refractivity contribution is 0.0867. The van der Waals surface area contributed by atoms with E-state index in [2.05, 4.69) is 10.4 Å². The molecule has 1 aliphatic carbocycles. The summed E-state index contributed by atoms with van der Waals surface area (Å²) >= 11 is 5.98. The van der Waals surface area contributed by atoms with Crippen molar-refractivity contribution in [3.05, 3.63) is 35.5 Å². The van der Waals surface area contributed by atoms with Crippen molar-refractivity contribution in [1.82, 2.24) is 9.78 Å². The number of nitrogens with one attached hydrogen (secondary N) is 1. The SMILES string of the molecule is O=C1CC(CC2CCCCC2)Nc2c(-c3ccc(Cl)cc3)cnn21. The molecule has 0 spiro atoms. The highest BCUT2D eigenvalue weighted by Gasteiger charge is 2.29. The van der Waals surface area contributed by atoms with Gasteiger partial charge in [-0.1, -0.05) is 55.8 Å². The molecule has 0 saturated heterocycles. The molecule has 2 heterocycles. The smallest absolute Gasteiger partial charge is 0.250 e. The Morgan fingerprint density at radius 3 is 2.67 bits per heavy atom. The van der Waals surface area contributed by atoms with Gasteiger partial charge in [0.2, 0.25) is 0 Å². The number of hydrogen-bond donors (Lipinski definition) is 1. The quantitative estimate of drug-likeness (QED) is 0.853. The second-order valence-corrected chi connectivity index (χ2v) is 7.44. The topological polar surface area (TPSA) is 46.9 Å². The van der Waals surface area contributed by atoms with Crippen LogP contribution in [0.1, 0.15) is 49.7 Å². The molecule has 2 aliphatic rings. The molecule has 1 saturated carbocycles. The predicted octanol–water partition coefficient (Wildman–Crippen LogP) is 5.00. The van der Waals surface area contributed by atoms with Crippen LogP contribution in [0.3, 0.4) is 0 Å². The van der Waals surface area contributed by atoms with Crippen LogP contribution >= 0.6 is 11.6 Å². The standard InChI is InChI=1S/C19H22ClN3O/c20-15-8-6-14(7-9-15)17-12-21-23-18(24)11-16(22-19(17)23)10-13-4-2-1-3-5-13/h6-9,12-13,16,22H,1-5,10-11H2. The minimum atomic E-state index is 0.0878. The third-order valence-electron chi connectivity index (χ3n) is 5.27. The summed E-state index contributed by atoms with van der Waals surface area (Å²) in [6, 6.07) is 7.89. The fraction of sp³-hybridized carbons (Fsp3) is 0.474. The molecule has 2 aromatic rings. The molecule has 4 nitrogen and oxygen atoms in total. The van der Waals surface area contributed by atoms with Gasteiger partial charge in [0.05, 0.1) is 6.20 Å². The van der Waals surface area contributed by atoms with Crippen molar-refractivity contribution in [1.29, 1.82) is 0 Å². The van der Waals surface area contributed by atoms with Crippen LogP contribution in [0.2, 0.25) is 5.02 Å². The van der Waals surface area contributed by atoms with Crippen LogP contribution in [0.25, 0.3) is 11.1 Å². The lowest BCUT2D eigenvalue weighted by Crippen LogP contribution is -2.35. The van der Waals surface area contributed by atoms with Crippen LogP contribution in [0.5, 0.6) is 0 Å². The van der Waals surface area contributed by atoms with Crippen molar-refractivity contribution in [3.63, 3.8) is 0 Å². The van der Waals surface area contributed by atoms with Gasteiger partial charge in [0.1, 0.15) is 5.82 Å². The van der Waals surface area contributed by atoms with Gasteiger partial charge in [-0.05, 0) is 30.0 Å². The maximum atomic E-state index is 12.5. The number of benzene rings is 1. The first-order valence-corrected chi connectivity index (χ1v) is 9.22. The minimum Gasteiger partial charge on any atom is -0.366 e. The maximum absolute atomic E-state index is 12.5. The van der Waals surface area contributed by atoms with Crippen molar-refractivity contribution in [3.8, 4) is 11.1 Å². The summed E-state index contributed by atoms with van der Waals surface area (Å²) in [6.07, 6.45) is 10.0. The highest BCUT2D eigenvalue weighted by molar-refractivity contribution is 6.30. The number of carbonyl (C=O) groups excluding carboxylic acids is 1. The first-order valence-electron chi connectivity index (χ1n) is 8.84. The molecule has 24 heavy (non-hydrogen) atoms. The van der Waals surface area contributed by atoms with Crippen LogP contribution < -0.4 is 5.32 Å². The fourth-order valence-corrected chi connectivity index (χ4v) is 4.15. The van der Waals surface area contributed by atoms with Gasteiger partial charge >= 0.3 is 0 Å². The highest BCUT2D eigenvalue weighted by atomic mass is 35.5. The lowest BCUT2D eigenvalue weighted by Gasteiger charge is -2.30. The van der Waals surface area contributed by atoms with E-state index in [1.165, 1.54) is 36.8 Å². The second kappa shape index (κ2) is 6.60. The van der Waals surface area contributed by atoms with Crippen molar-refractivity contribution in [2.24, 2.45) is 5.92 Å². The molecule has 1 atom stereocenters. The van der Waals surface area contributed by atoms with E-state index >= 15 is 0 Å². The molecule has 1 aromatic carbocycles. The molecule has 1 aliphatic heterocycles. The van der Waals surface area contributed by atoms with Gasteiger partial charge < -0.3 is 5.32 Å². The molecule has 0 radical (unpaired) electrons. The van der Waals surface area contributed by atoms with Gasteiger partial charge in [-0.3, -0.25) is 4.79 Å². The van der Waals surface area contributed by atoms with Gasteiger partial charge in [-0.2, -0.15) is 9.78 Å². The van der Waals surface area contributed by atoms with Gasteiger partial charge in [0.15, 0.2) is 0 Å². The van der Waals surface area contributed by atoms with Crippen molar-refractivity contribution in [2.45, 2.75) is 51.0 Å². The van der Waals surface area contributed by atoms with Crippen LogP contribution in [-0.4, -0.2) is 21.7 Å². The Bertz CT molecular complexity index is 732. The zero-order chi connectivity index (χ0) is 16.5. The first kappa shape index (κ1) is 15.7. The summed E-state index contributed by atoms with van der Waals surface area (Å²) in [6.45, 7) is 0. The Morgan fingerprint density at radius 1 is 1.17 bits per heavy atom. The molecular weight excluding hydrogens is 322 g/mol. The number of fused-ring (bicyclic) bond motifs is 1. The number of carbonyl (C=O) groups is 1. The predicted molar refractivity (Wildman–Crippen MR) is 96.5 cm³/mol. The monoisotopic (exact) mass is 343 g/mol. The third kappa shape index (κ3) is 3.07. The summed E-state index contributed by atoms with van der Waals surface area (Å²) in [5.41, 5.74) is 1.99. The Labute approximate surface area is 147 Å². The maximum Gasteiger partial charge on any atom is 0.250 e. The van der Waals surface area contributed by atoms with E-state index in [1.807, 2.05) is 24.3 Å². The molecule has 5 heteroatoms. The van der Waals surface area contributed by atoms with Crippen LogP contribution in [0.4, 0.5) is 5.82 Å². The summed E-state index contributed by atoms with van der Waals surface area (Å²) in [5.74, 6) is 1.66. The number of nitrogens with zero attached hydrogens (tertiary/aromatic N) is 2.